The molecule has 1 fully saturated rings. The number of aromatic nitrogens is 1. The van der Waals surface area contributed by atoms with Gasteiger partial charge >= 0.3 is 0 Å². The third kappa shape index (κ3) is 25.5. The number of hydrogen-bond acceptors (Lipinski definition) is 17. The van der Waals surface area contributed by atoms with Crippen LogP contribution in [-0.4, -0.2) is 177 Å². The number of carbonyl (C=O) groups is 13. The van der Waals surface area contributed by atoms with E-state index in [1.165, 1.54) is 55.5 Å². The van der Waals surface area contributed by atoms with E-state index in [0.717, 1.165) is 0 Å². The molecular formula is C76H90N18O15. The number of aromatic amines is 1. The fraction of sp³-hybridized carbons (Fsp3) is 0.316. The number of rotatable bonds is 23. The standard InChI is InChI=1S/C76H90N18O15/c1-42-66(100)89-57(35-44-16-7-3-8-17-44)73(107)94-62(75(109)88-55(65(79)99)33-47-25-29-50(96)30-26-47)41-84-68(102)61(90-67(101)52(77)32-46-23-27-49(95)28-24-46)39-64(98)86-56(34-43-14-5-2-6-15-43)71(105)91-58(36-45-18-9-4-10-19-45)72(106)87-54(22-13-31-82-76(80)81)69(103)92-59(37-48-40-83-53-21-12-11-20-51(48)53)74(108)93-60(38-63(78)97)70(104)85-42/h2-12,14-21,23-30,40,42,52,54-62,83,95-96H,13,22,31-39,41,77H2,1H3,(H2,78,97)(H2,79,99)(H,84,102)(H,85,104)(H,86,98)(H,87,106)(H,88,109)(H,89,100)(H,90,101)(H,91,105)(H,92,103)(H,93,108)(H,94,107)(H4,80,81,82)/t42-,52-,54-,55-,56-,57-,58+,59-,60-,61+,62?/m0/s1. The van der Waals surface area contributed by atoms with E-state index >= 15 is 19.2 Å². The van der Waals surface area contributed by atoms with Gasteiger partial charge in [0.2, 0.25) is 76.8 Å². The summed E-state index contributed by atoms with van der Waals surface area (Å²) in [7, 11) is 0. The summed E-state index contributed by atoms with van der Waals surface area (Å²) < 4.78 is 0. The molecule has 8 rings (SSSR count). The lowest BCUT2D eigenvalue weighted by molar-refractivity contribution is -0.136. The molecule has 1 aromatic heterocycles. The van der Waals surface area contributed by atoms with Crippen molar-refractivity contribution in [2.24, 2.45) is 22.9 Å². The molecule has 0 aliphatic carbocycles. The first kappa shape index (κ1) is 81.5. The Morgan fingerprint density at radius 2 is 0.972 bits per heavy atom. The van der Waals surface area contributed by atoms with Gasteiger partial charge in [-0.05, 0) is 89.9 Å². The number of hydrogen-bond donors (Lipinski definition) is 20. The van der Waals surface area contributed by atoms with Crippen LogP contribution in [0.3, 0.4) is 0 Å². The number of aromatic hydroxyl groups is 2. The molecular weight excluding hydrogens is 1400 g/mol. The maximum absolute atomic E-state index is 15.2. The number of nitrogens with one attached hydrogen (secondary N) is 14. The monoisotopic (exact) mass is 1490 g/mol. The second-order valence-corrected chi connectivity index (χ2v) is 26.3. The Morgan fingerprint density at radius 1 is 0.514 bits per heavy atom. The van der Waals surface area contributed by atoms with Crippen LogP contribution in [0, 0.1) is 5.41 Å². The summed E-state index contributed by atoms with van der Waals surface area (Å²) in [5, 5.41) is 59.3. The van der Waals surface area contributed by atoms with Crippen LogP contribution in [0.5, 0.6) is 11.5 Å². The minimum absolute atomic E-state index is 0.000362. The summed E-state index contributed by atoms with van der Waals surface area (Å²) in [6, 6.07) is 24.6. The highest BCUT2D eigenvalue weighted by Crippen LogP contribution is 2.21. The van der Waals surface area contributed by atoms with Crippen molar-refractivity contribution in [2.45, 2.75) is 138 Å². The summed E-state index contributed by atoms with van der Waals surface area (Å²) in [6.07, 6.45) is -2.01. The van der Waals surface area contributed by atoms with E-state index in [1.54, 1.807) is 121 Å². The highest BCUT2D eigenvalue weighted by Gasteiger charge is 2.38. The molecule has 2 heterocycles. The van der Waals surface area contributed by atoms with Gasteiger partial charge in [0.05, 0.1) is 18.9 Å². The van der Waals surface area contributed by atoms with Crippen LogP contribution < -0.4 is 86.7 Å². The van der Waals surface area contributed by atoms with E-state index in [1.807, 2.05) is 0 Å². The lowest BCUT2D eigenvalue weighted by Gasteiger charge is -2.28. The van der Waals surface area contributed by atoms with Crippen molar-refractivity contribution < 1.29 is 72.5 Å². The molecule has 0 radical (unpaired) electrons. The Bertz CT molecular complexity index is 4380. The molecule has 33 heteroatoms. The van der Waals surface area contributed by atoms with Crippen LogP contribution >= 0.6 is 0 Å². The summed E-state index contributed by atoms with van der Waals surface area (Å²) in [5.41, 5.74) is 27.0. The van der Waals surface area contributed by atoms with Crippen LogP contribution in [0.2, 0.25) is 0 Å². The minimum Gasteiger partial charge on any atom is -0.508 e. The lowest BCUT2D eigenvalue weighted by atomic mass is 10.0. The van der Waals surface area contributed by atoms with Gasteiger partial charge in [0.25, 0.3) is 0 Å². The van der Waals surface area contributed by atoms with Gasteiger partial charge in [-0.15, -0.1) is 0 Å². The largest absolute Gasteiger partial charge is 0.508 e. The van der Waals surface area contributed by atoms with Crippen molar-refractivity contribution in [1.29, 1.82) is 5.41 Å². The average molecular weight is 1500 g/mol. The molecule has 0 spiro atoms. The highest BCUT2D eigenvalue weighted by molar-refractivity contribution is 6.01. The van der Waals surface area contributed by atoms with Gasteiger partial charge in [-0.3, -0.25) is 67.7 Å². The second kappa shape index (κ2) is 39.8. The average Bonchev–Trinajstić information content (AvgIpc) is 1.80. The zero-order chi connectivity index (χ0) is 78.7. The molecule has 0 bridgehead atoms. The number of primary amides is 2. The van der Waals surface area contributed by atoms with E-state index in [4.69, 9.17) is 28.3 Å². The van der Waals surface area contributed by atoms with E-state index < -0.39 is 169 Å². The summed E-state index contributed by atoms with van der Waals surface area (Å²) in [5.74, 6) is -14.5. The van der Waals surface area contributed by atoms with Crippen LogP contribution in [-0.2, 0) is 101 Å². The lowest BCUT2D eigenvalue weighted by Crippen LogP contribution is -2.62. The second-order valence-electron chi connectivity index (χ2n) is 26.3. The molecule has 0 saturated carbocycles. The Kier molecular flexibility index (Phi) is 29.7. The normalized spacial score (nSPS) is 21.0. The van der Waals surface area contributed by atoms with E-state index in [2.05, 4.69) is 68.8 Å². The van der Waals surface area contributed by atoms with Crippen molar-refractivity contribution in [2.75, 3.05) is 13.1 Å². The molecule has 7 aromatic rings. The summed E-state index contributed by atoms with van der Waals surface area (Å²) >= 11 is 0. The van der Waals surface area contributed by atoms with Crippen LogP contribution in [0.15, 0.2) is 170 Å². The fourth-order valence-corrected chi connectivity index (χ4v) is 12.0. The summed E-state index contributed by atoms with van der Waals surface area (Å²) in [6.45, 7) is 0.289. The number of benzene rings is 6. The maximum atomic E-state index is 15.2. The smallest absolute Gasteiger partial charge is 0.245 e. The Hall–Kier alpha value is -13.2. The van der Waals surface area contributed by atoms with Gasteiger partial charge in [0.15, 0.2) is 5.96 Å². The number of carbonyl (C=O) groups excluding carboxylic acids is 13. The Labute approximate surface area is 626 Å². The van der Waals surface area contributed by atoms with E-state index in [-0.39, 0.29) is 69.4 Å². The number of guanidine groups is 1. The first-order valence-corrected chi connectivity index (χ1v) is 35.1. The van der Waals surface area contributed by atoms with Crippen molar-refractivity contribution in [1.82, 2.24) is 68.8 Å². The van der Waals surface area contributed by atoms with Crippen molar-refractivity contribution in [3.05, 3.63) is 203 Å². The van der Waals surface area contributed by atoms with Crippen LogP contribution in [0.25, 0.3) is 10.9 Å². The van der Waals surface area contributed by atoms with Gasteiger partial charge < -0.3 is 102 Å². The van der Waals surface area contributed by atoms with Crippen molar-refractivity contribution in [3.8, 4) is 11.5 Å². The van der Waals surface area contributed by atoms with E-state index in [0.29, 0.717) is 44.3 Å². The predicted octanol–water partition coefficient (Wildman–Crippen LogP) is -2.33. The predicted molar refractivity (Wildman–Crippen MR) is 399 cm³/mol. The first-order chi connectivity index (χ1) is 52.1. The summed E-state index contributed by atoms with van der Waals surface area (Å²) in [4.78, 5) is 192. The van der Waals surface area contributed by atoms with Crippen molar-refractivity contribution >= 4 is 93.7 Å². The molecule has 13 amide bonds. The molecule has 574 valence electrons. The molecule has 6 aromatic carbocycles. The molecule has 33 nitrogen and oxygen atoms in total. The molecule has 11 atom stereocenters. The molecule has 109 heavy (non-hydrogen) atoms. The number of para-hydroxylation sites is 1. The van der Waals surface area contributed by atoms with Crippen LogP contribution in [0.4, 0.5) is 0 Å². The quantitative estimate of drug-likeness (QED) is 0.0182. The molecule has 24 N–H and O–H groups in total. The van der Waals surface area contributed by atoms with Crippen molar-refractivity contribution in [3.63, 3.8) is 0 Å². The highest BCUT2D eigenvalue weighted by atomic mass is 16.3. The molecule has 1 aliphatic rings. The SMILES string of the molecule is C[C@@H]1NC(=O)[C@H](CC(N)=O)NC(=O)[C@H](Cc2c[nH]c3ccccc23)NC(=O)[C@H](CCCNC(=N)N)NC(=O)[C@@H](Cc2ccccc2)NC(=O)[C@H](Cc2ccccc2)NC(=O)C[C@@H](NC(=O)[C@@H](N)Cc2ccc(O)cc2)C(=O)NCC(C(=O)N[C@@H](Cc2ccc(O)cc2)C(N)=O)NC(=O)[C@H](Cc2ccccc2)NC1=O. The molecule has 1 unspecified atom stereocenters. The number of amides is 13. The molecule has 1 saturated heterocycles. The number of H-pyrrole nitrogens is 1. The first-order valence-electron chi connectivity index (χ1n) is 35.1. The van der Waals surface area contributed by atoms with E-state index in [9.17, 15) is 53.4 Å². The Morgan fingerprint density at radius 3 is 1.50 bits per heavy atom. The Balaban J connectivity index is 1.23. The maximum Gasteiger partial charge on any atom is 0.245 e. The number of fused-ring (bicyclic) bond motifs is 1. The minimum atomic E-state index is -1.94. The fourth-order valence-electron chi connectivity index (χ4n) is 12.0. The topological polar surface area (TPSA) is 550 Å². The zero-order valence-corrected chi connectivity index (χ0v) is 59.5. The molecule has 1 aliphatic heterocycles. The third-order valence-corrected chi connectivity index (χ3v) is 17.8. The van der Waals surface area contributed by atoms with Gasteiger partial charge in [0, 0.05) is 62.3 Å². The third-order valence-electron chi connectivity index (χ3n) is 17.8. The van der Waals surface area contributed by atoms with Gasteiger partial charge in [0.1, 0.15) is 71.9 Å². The number of nitrogens with two attached hydrogens (primary N) is 4. The number of phenolic OH excluding ortho intramolecular Hbond substituents is 2. The van der Waals surface area contributed by atoms with Gasteiger partial charge in [-0.25, -0.2) is 0 Å². The van der Waals surface area contributed by atoms with Gasteiger partial charge in [-0.1, -0.05) is 133 Å². The van der Waals surface area contributed by atoms with Crippen LogP contribution in [0.1, 0.15) is 66.0 Å². The zero-order valence-electron chi connectivity index (χ0n) is 59.5. The van der Waals surface area contributed by atoms with Gasteiger partial charge in [-0.2, -0.15) is 0 Å². The number of phenols is 2.